The van der Waals surface area contributed by atoms with Crippen molar-refractivity contribution in [1.29, 1.82) is 0 Å². The van der Waals surface area contributed by atoms with Crippen molar-refractivity contribution in [3.8, 4) is 5.69 Å². The highest BCUT2D eigenvalue weighted by Gasteiger charge is 2.18. The van der Waals surface area contributed by atoms with Crippen molar-refractivity contribution in [2.75, 3.05) is 18.0 Å². The fourth-order valence-electron chi connectivity index (χ4n) is 3.31. The van der Waals surface area contributed by atoms with Crippen LogP contribution in [0.1, 0.15) is 30.4 Å². The first-order valence-corrected chi connectivity index (χ1v) is 8.25. The molecule has 2 aromatic heterocycles. The SMILES string of the molecule is Cc1ccc(C)c(-n2ncc3c(N4CCCCC4)ncnc32)c1. The number of hydrogen-bond acceptors (Lipinski definition) is 4. The first-order valence-electron chi connectivity index (χ1n) is 8.25. The molecule has 1 aliphatic rings. The van der Waals surface area contributed by atoms with E-state index in [-0.39, 0.29) is 0 Å². The number of aromatic nitrogens is 4. The standard InChI is InChI=1S/C18H21N5/c1-13-6-7-14(2)16(10-13)23-18-15(11-21-23)17(19-12-20-18)22-8-4-3-5-9-22/h6-7,10-12H,3-5,8-9H2,1-2H3. The lowest BCUT2D eigenvalue weighted by molar-refractivity contribution is 0.574. The average Bonchev–Trinajstić information content (AvgIpc) is 3.02. The van der Waals surface area contributed by atoms with Crippen LogP contribution in [0.5, 0.6) is 0 Å². The van der Waals surface area contributed by atoms with E-state index in [1.807, 2.05) is 10.9 Å². The van der Waals surface area contributed by atoms with Crippen LogP contribution in [0, 0.1) is 13.8 Å². The number of rotatable bonds is 2. The Balaban J connectivity index is 1.85. The van der Waals surface area contributed by atoms with Crippen molar-refractivity contribution in [2.24, 2.45) is 0 Å². The summed E-state index contributed by atoms with van der Waals surface area (Å²) in [5.74, 6) is 1.02. The third kappa shape index (κ3) is 2.46. The number of anilines is 1. The Morgan fingerprint density at radius 3 is 2.65 bits per heavy atom. The number of aryl methyl sites for hydroxylation is 2. The average molecular weight is 307 g/mol. The Hall–Kier alpha value is -2.43. The zero-order chi connectivity index (χ0) is 15.8. The summed E-state index contributed by atoms with van der Waals surface area (Å²) in [7, 11) is 0. The molecule has 4 rings (SSSR count). The van der Waals surface area contributed by atoms with Crippen molar-refractivity contribution >= 4 is 16.9 Å². The first-order chi connectivity index (χ1) is 11.2. The number of piperidine rings is 1. The molecular weight excluding hydrogens is 286 g/mol. The molecule has 0 radical (unpaired) electrons. The minimum Gasteiger partial charge on any atom is -0.356 e. The van der Waals surface area contributed by atoms with Gasteiger partial charge in [-0.05, 0) is 50.3 Å². The molecular formula is C18H21N5. The van der Waals surface area contributed by atoms with Gasteiger partial charge in [0.25, 0.3) is 0 Å². The molecule has 3 heterocycles. The molecule has 1 aliphatic heterocycles. The molecule has 0 atom stereocenters. The maximum absolute atomic E-state index is 4.61. The highest BCUT2D eigenvalue weighted by molar-refractivity contribution is 5.87. The molecule has 0 unspecified atom stereocenters. The van der Waals surface area contributed by atoms with Crippen molar-refractivity contribution in [3.63, 3.8) is 0 Å². The van der Waals surface area contributed by atoms with Crippen molar-refractivity contribution in [2.45, 2.75) is 33.1 Å². The lowest BCUT2D eigenvalue weighted by atomic mass is 10.1. The van der Waals surface area contributed by atoms with E-state index in [0.29, 0.717) is 0 Å². The van der Waals surface area contributed by atoms with E-state index in [4.69, 9.17) is 0 Å². The van der Waals surface area contributed by atoms with Crippen LogP contribution < -0.4 is 4.90 Å². The van der Waals surface area contributed by atoms with Crippen LogP contribution in [0.4, 0.5) is 5.82 Å². The fraction of sp³-hybridized carbons (Fsp3) is 0.389. The largest absolute Gasteiger partial charge is 0.356 e. The van der Waals surface area contributed by atoms with Gasteiger partial charge in [-0.2, -0.15) is 5.10 Å². The second-order valence-corrected chi connectivity index (χ2v) is 6.33. The molecule has 1 fully saturated rings. The summed E-state index contributed by atoms with van der Waals surface area (Å²) < 4.78 is 1.94. The van der Waals surface area contributed by atoms with Crippen LogP contribution in [-0.2, 0) is 0 Å². The minimum atomic E-state index is 0.884. The lowest BCUT2D eigenvalue weighted by Crippen LogP contribution is -2.30. The van der Waals surface area contributed by atoms with E-state index in [0.717, 1.165) is 35.6 Å². The van der Waals surface area contributed by atoms with E-state index < -0.39 is 0 Å². The van der Waals surface area contributed by atoms with Crippen LogP contribution in [-0.4, -0.2) is 32.8 Å². The van der Waals surface area contributed by atoms with Crippen LogP contribution in [0.25, 0.3) is 16.7 Å². The van der Waals surface area contributed by atoms with E-state index in [1.54, 1.807) is 6.33 Å². The van der Waals surface area contributed by atoms with Gasteiger partial charge in [-0.15, -0.1) is 0 Å². The third-order valence-corrected chi connectivity index (χ3v) is 4.59. The quantitative estimate of drug-likeness (QED) is 0.728. The lowest BCUT2D eigenvalue weighted by Gasteiger charge is -2.27. The summed E-state index contributed by atoms with van der Waals surface area (Å²) in [5.41, 5.74) is 4.39. The smallest absolute Gasteiger partial charge is 0.168 e. The normalized spacial score (nSPS) is 15.3. The molecule has 23 heavy (non-hydrogen) atoms. The monoisotopic (exact) mass is 307 g/mol. The van der Waals surface area contributed by atoms with Gasteiger partial charge in [-0.3, -0.25) is 0 Å². The van der Waals surface area contributed by atoms with Crippen molar-refractivity contribution in [3.05, 3.63) is 41.9 Å². The number of nitrogens with zero attached hydrogens (tertiary/aromatic N) is 5. The molecule has 1 saturated heterocycles. The molecule has 0 saturated carbocycles. The Morgan fingerprint density at radius 1 is 1.00 bits per heavy atom. The Kier molecular flexibility index (Phi) is 3.48. The van der Waals surface area contributed by atoms with Gasteiger partial charge in [-0.25, -0.2) is 14.6 Å². The molecule has 0 amide bonds. The molecule has 5 heteroatoms. The molecule has 1 aromatic carbocycles. The van der Waals surface area contributed by atoms with Gasteiger partial charge in [0.1, 0.15) is 12.1 Å². The van der Waals surface area contributed by atoms with Crippen molar-refractivity contribution in [1.82, 2.24) is 19.7 Å². The van der Waals surface area contributed by atoms with Gasteiger partial charge >= 0.3 is 0 Å². The van der Waals surface area contributed by atoms with Crippen LogP contribution in [0.3, 0.4) is 0 Å². The molecule has 0 bridgehead atoms. The van der Waals surface area contributed by atoms with Crippen LogP contribution in [0.15, 0.2) is 30.7 Å². The summed E-state index contributed by atoms with van der Waals surface area (Å²) in [5, 5.41) is 5.65. The van der Waals surface area contributed by atoms with Gasteiger partial charge in [-0.1, -0.05) is 12.1 Å². The van der Waals surface area contributed by atoms with E-state index in [9.17, 15) is 0 Å². The fourth-order valence-corrected chi connectivity index (χ4v) is 3.31. The highest BCUT2D eigenvalue weighted by Crippen LogP contribution is 2.27. The topological polar surface area (TPSA) is 46.8 Å². The summed E-state index contributed by atoms with van der Waals surface area (Å²) in [6.07, 6.45) is 7.34. The molecule has 3 aromatic rings. The first kappa shape index (κ1) is 14.2. The van der Waals surface area contributed by atoms with Gasteiger partial charge in [0.05, 0.1) is 17.3 Å². The van der Waals surface area contributed by atoms with Crippen LogP contribution in [0.2, 0.25) is 0 Å². The van der Waals surface area contributed by atoms with Gasteiger partial charge in [0.15, 0.2) is 5.65 Å². The molecule has 118 valence electrons. The molecule has 0 spiro atoms. The summed E-state index contributed by atoms with van der Waals surface area (Å²) >= 11 is 0. The van der Waals surface area contributed by atoms with E-state index in [2.05, 4.69) is 52.0 Å². The maximum atomic E-state index is 4.61. The number of benzene rings is 1. The Labute approximate surface area is 136 Å². The van der Waals surface area contributed by atoms with Gasteiger partial charge < -0.3 is 4.90 Å². The van der Waals surface area contributed by atoms with Crippen LogP contribution >= 0.6 is 0 Å². The summed E-state index contributed by atoms with van der Waals surface area (Å²) in [4.78, 5) is 11.4. The summed E-state index contributed by atoms with van der Waals surface area (Å²) in [6.45, 7) is 6.35. The zero-order valence-corrected chi connectivity index (χ0v) is 13.7. The number of hydrogen-bond donors (Lipinski definition) is 0. The molecule has 0 N–H and O–H groups in total. The molecule has 5 nitrogen and oxygen atoms in total. The number of fused-ring (bicyclic) bond motifs is 1. The summed E-state index contributed by atoms with van der Waals surface area (Å²) in [6, 6.07) is 6.41. The second-order valence-electron chi connectivity index (χ2n) is 6.33. The van der Waals surface area contributed by atoms with Gasteiger partial charge in [0, 0.05) is 13.1 Å². The predicted octanol–water partition coefficient (Wildman–Crippen LogP) is 3.42. The van der Waals surface area contributed by atoms with E-state index in [1.165, 1.54) is 30.4 Å². The minimum absolute atomic E-state index is 0.884. The third-order valence-electron chi connectivity index (χ3n) is 4.59. The predicted molar refractivity (Wildman–Crippen MR) is 92.2 cm³/mol. The second kappa shape index (κ2) is 5.65. The Bertz CT molecular complexity index is 846. The highest BCUT2D eigenvalue weighted by atomic mass is 15.3. The molecule has 0 aliphatic carbocycles. The Morgan fingerprint density at radius 2 is 1.83 bits per heavy atom. The zero-order valence-electron chi connectivity index (χ0n) is 13.7. The van der Waals surface area contributed by atoms with E-state index >= 15 is 0 Å². The maximum Gasteiger partial charge on any atom is 0.168 e. The van der Waals surface area contributed by atoms with Crippen molar-refractivity contribution < 1.29 is 0 Å². The van der Waals surface area contributed by atoms with Gasteiger partial charge in [0.2, 0.25) is 0 Å².